The molecule has 0 saturated carbocycles. The summed E-state index contributed by atoms with van der Waals surface area (Å²) >= 11 is 1.46. The lowest BCUT2D eigenvalue weighted by Gasteiger charge is -2.20. The van der Waals surface area contributed by atoms with E-state index in [1.165, 1.54) is 40.6 Å². The third kappa shape index (κ3) is 3.78. The first kappa shape index (κ1) is 18.3. The zero-order valence-electron chi connectivity index (χ0n) is 14.9. The van der Waals surface area contributed by atoms with Crippen molar-refractivity contribution in [2.24, 2.45) is 0 Å². The molecule has 10 heteroatoms. The number of aromatic nitrogens is 3. The van der Waals surface area contributed by atoms with Gasteiger partial charge in [0.25, 0.3) is 11.6 Å². The van der Waals surface area contributed by atoms with Crippen LogP contribution in [0, 0.1) is 10.1 Å². The van der Waals surface area contributed by atoms with Gasteiger partial charge in [-0.1, -0.05) is 0 Å². The number of thiazole rings is 1. The van der Waals surface area contributed by atoms with E-state index in [9.17, 15) is 14.9 Å². The fraction of sp³-hybridized carbons (Fsp3) is 0.278. The Balaban J connectivity index is 1.53. The molecule has 144 valence electrons. The summed E-state index contributed by atoms with van der Waals surface area (Å²) in [5.41, 5.74) is 0.385. The van der Waals surface area contributed by atoms with E-state index >= 15 is 0 Å². The minimum absolute atomic E-state index is 0.166. The predicted molar refractivity (Wildman–Crippen MR) is 105 cm³/mol. The Hall–Kier alpha value is -3.11. The summed E-state index contributed by atoms with van der Waals surface area (Å²) in [5.74, 6) is 0.0337. The Morgan fingerprint density at radius 2 is 2.18 bits per heavy atom. The first-order valence-electron chi connectivity index (χ1n) is 8.86. The zero-order valence-corrected chi connectivity index (χ0v) is 15.7. The van der Waals surface area contributed by atoms with E-state index in [0.29, 0.717) is 16.7 Å². The molecule has 1 fully saturated rings. The first-order chi connectivity index (χ1) is 13.6. The van der Waals surface area contributed by atoms with Crippen molar-refractivity contribution < 1.29 is 9.72 Å². The maximum absolute atomic E-state index is 12.6. The van der Waals surface area contributed by atoms with E-state index in [4.69, 9.17) is 0 Å². The van der Waals surface area contributed by atoms with Crippen LogP contribution in [0.2, 0.25) is 0 Å². The SMILES string of the molecule is O=C(Nc1ncc(C2CCNCC2)s1)c1ccc(-n2ccnc2)c([N+](=O)[O-])c1. The number of hydrogen-bond donors (Lipinski definition) is 2. The van der Waals surface area contributed by atoms with Gasteiger partial charge in [0.05, 0.1) is 11.3 Å². The van der Waals surface area contributed by atoms with Crippen LogP contribution in [0.1, 0.15) is 34.0 Å². The molecule has 1 amide bonds. The fourth-order valence-electron chi connectivity index (χ4n) is 3.24. The smallest absolute Gasteiger partial charge is 0.294 e. The van der Waals surface area contributed by atoms with Gasteiger partial charge in [0.2, 0.25) is 0 Å². The van der Waals surface area contributed by atoms with Gasteiger partial charge in [0, 0.05) is 35.1 Å². The highest BCUT2D eigenvalue weighted by molar-refractivity contribution is 7.15. The summed E-state index contributed by atoms with van der Waals surface area (Å²) in [4.78, 5) is 32.9. The Bertz CT molecular complexity index is 995. The maximum atomic E-state index is 12.6. The molecule has 28 heavy (non-hydrogen) atoms. The maximum Gasteiger partial charge on any atom is 0.294 e. The lowest BCUT2D eigenvalue weighted by molar-refractivity contribution is -0.384. The highest BCUT2D eigenvalue weighted by atomic mass is 32.1. The van der Waals surface area contributed by atoms with E-state index in [1.54, 1.807) is 18.5 Å². The number of amides is 1. The van der Waals surface area contributed by atoms with Crippen molar-refractivity contribution in [2.45, 2.75) is 18.8 Å². The summed E-state index contributed by atoms with van der Waals surface area (Å²) in [6.45, 7) is 1.97. The molecule has 4 rings (SSSR count). The van der Waals surface area contributed by atoms with Crippen LogP contribution in [0.3, 0.4) is 0 Å². The second-order valence-electron chi connectivity index (χ2n) is 6.48. The predicted octanol–water partition coefficient (Wildman–Crippen LogP) is 2.96. The number of nitrogens with zero attached hydrogens (tertiary/aromatic N) is 4. The third-order valence-electron chi connectivity index (χ3n) is 4.70. The summed E-state index contributed by atoms with van der Waals surface area (Å²) < 4.78 is 1.53. The van der Waals surface area contributed by atoms with E-state index in [2.05, 4.69) is 20.6 Å². The zero-order chi connectivity index (χ0) is 19.5. The molecule has 3 heterocycles. The van der Waals surface area contributed by atoms with Crippen molar-refractivity contribution in [1.82, 2.24) is 19.9 Å². The van der Waals surface area contributed by atoms with Crippen LogP contribution in [-0.2, 0) is 0 Å². The average molecular weight is 398 g/mol. The van der Waals surface area contributed by atoms with Crippen LogP contribution in [0.15, 0.2) is 43.1 Å². The quantitative estimate of drug-likeness (QED) is 0.504. The molecule has 0 unspecified atom stereocenters. The van der Waals surface area contributed by atoms with Gasteiger partial charge in [-0.3, -0.25) is 20.2 Å². The normalized spacial score (nSPS) is 14.7. The minimum atomic E-state index is -0.509. The molecule has 0 atom stereocenters. The molecule has 3 aromatic rings. The van der Waals surface area contributed by atoms with Crippen molar-refractivity contribution in [2.75, 3.05) is 18.4 Å². The van der Waals surface area contributed by atoms with Crippen molar-refractivity contribution in [1.29, 1.82) is 0 Å². The fourth-order valence-corrected chi connectivity index (χ4v) is 4.22. The molecule has 1 aliphatic rings. The van der Waals surface area contributed by atoms with Crippen LogP contribution in [-0.4, -0.2) is 38.5 Å². The number of nitro benzene ring substituents is 1. The number of nitro groups is 1. The van der Waals surface area contributed by atoms with Gasteiger partial charge in [-0.2, -0.15) is 0 Å². The van der Waals surface area contributed by atoms with Gasteiger partial charge >= 0.3 is 0 Å². The molecule has 0 spiro atoms. The summed E-state index contributed by atoms with van der Waals surface area (Å²) in [6.07, 6.45) is 8.53. The molecule has 0 aliphatic carbocycles. The second kappa shape index (κ2) is 7.87. The van der Waals surface area contributed by atoms with E-state index in [1.807, 2.05) is 0 Å². The van der Waals surface area contributed by atoms with Crippen LogP contribution in [0.5, 0.6) is 0 Å². The lowest BCUT2D eigenvalue weighted by Crippen LogP contribution is -2.26. The molecule has 2 N–H and O–H groups in total. The molecule has 9 nitrogen and oxygen atoms in total. The van der Waals surface area contributed by atoms with Gasteiger partial charge in [-0.15, -0.1) is 11.3 Å². The first-order valence-corrected chi connectivity index (χ1v) is 9.68. The number of hydrogen-bond acceptors (Lipinski definition) is 7. The Labute approximate surface area is 164 Å². The topological polar surface area (TPSA) is 115 Å². The largest absolute Gasteiger partial charge is 0.317 e. The molecular formula is C18H18N6O3S. The number of anilines is 1. The Morgan fingerprint density at radius 3 is 2.89 bits per heavy atom. The Morgan fingerprint density at radius 1 is 1.36 bits per heavy atom. The van der Waals surface area contributed by atoms with Crippen molar-refractivity contribution in [3.05, 3.63) is 63.7 Å². The highest BCUT2D eigenvalue weighted by Gasteiger charge is 2.21. The van der Waals surface area contributed by atoms with Gasteiger partial charge in [0.1, 0.15) is 5.69 Å². The molecule has 2 aromatic heterocycles. The van der Waals surface area contributed by atoms with Crippen molar-refractivity contribution >= 4 is 28.1 Å². The van der Waals surface area contributed by atoms with Crippen LogP contribution >= 0.6 is 11.3 Å². The van der Waals surface area contributed by atoms with Crippen molar-refractivity contribution in [3.8, 4) is 5.69 Å². The van der Waals surface area contributed by atoms with Crippen LogP contribution < -0.4 is 10.6 Å². The van der Waals surface area contributed by atoms with Crippen LogP contribution in [0.4, 0.5) is 10.8 Å². The third-order valence-corrected chi connectivity index (χ3v) is 5.78. The summed E-state index contributed by atoms with van der Waals surface area (Å²) in [7, 11) is 0. The molecular weight excluding hydrogens is 380 g/mol. The molecule has 1 aliphatic heterocycles. The number of carbonyl (C=O) groups excluding carboxylic acids is 1. The number of imidazole rings is 1. The number of nitrogens with one attached hydrogen (secondary N) is 2. The second-order valence-corrected chi connectivity index (χ2v) is 7.54. The van der Waals surface area contributed by atoms with Gasteiger partial charge < -0.3 is 9.88 Å². The molecule has 0 radical (unpaired) electrons. The number of benzene rings is 1. The van der Waals surface area contributed by atoms with Gasteiger partial charge in [-0.25, -0.2) is 9.97 Å². The number of rotatable bonds is 5. The monoisotopic (exact) mass is 398 g/mol. The molecule has 1 aromatic carbocycles. The molecule has 0 bridgehead atoms. The summed E-state index contributed by atoms with van der Waals surface area (Å²) in [5, 5.41) is 18.0. The lowest BCUT2D eigenvalue weighted by atomic mass is 9.97. The number of piperidine rings is 1. The average Bonchev–Trinajstić information content (AvgIpc) is 3.40. The van der Waals surface area contributed by atoms with E-state index < -0.39 is 10.8 Å². The van der Waals surface area contributed by atoms with E-state index in [-0.39, 0.29) is 11.3 Å². The Kier molecular flexibility index (Phi) is 5.13. The molecule has 1 saturated heterocycles. The van der Waals surface area contributed by atoms with Crippen LogP contribution in [0.25, 0.3) is 5.69 Å². The van der Waals surface area contributed by atoms with E-state index in [0.717, 1.165) is 30.8 Å². The minimum Gasteiger partial charge on any atom is -0.317 e. The standard InChI is InChI=1S/C18H18N6O3S/c25-17(22-18-21-10-16(28-18)12-3-5-19-6-4-12)13-1-2-14(15(9-13)24(26)27)23-8-7-20-11-23/h1-2,7-12,19H,3-6H2,(H,21,22,25). The van der Waals surface area contributed by atoms with Gasteiger partial charge in [-0.05, 0) is 44.0 Å². The van der Waals surface area contributed by atoms with Gasteiger partial charge in [0.15, 0.2) is 5.13 Å². The number of carbonyl (C=O) groups is 1. The highest BCUT2D eigenvalue weighted by Crippen LogP contribution is 2.32. The van der Waals surface area contributed by atoms with Crippen molar-refractivity contribution in [3.63, 3.8) is 0 Å². The summed E-state index contributed by atoms with van der Waals surface area (Å²) in [6, 6.07) is 4.36.